The molecule has 4 aromatic rings. The molecule has 3 heterocycles. The minimum Gasteiger partial charge on any atom is -0.298 e. The van der Waals surface area contributed by atoms with Crippen LogP contribution in [0.4, 0.5) is 4.39 Å². The van der Waals surface area contributed by atoms with Gasteiger partial charge in [0.15, 0.2) is 0 Å². The third-order valence-corrected chi connectivity index (χ3v) is 6.58. The van der Waals surface area contributed by atoms with Crippen LogP contribution in [-0.2, 0) is 13.0 Å². The maximum Gasteiger partial charge on any atom is 0.261 e. The third kappa shape index (κ3) is 3.47. The standard InChI is InChI=1S/C27H18ClFN4O2/c28-16-9-10-21-23(13-16)33-17(11-12-32-26(34)18-5-1-2-6-19(18)27(32)35)14-30-24(33)15-31-25(21)20-7-3-4-8-22(20)29/h1-10,13-14H,11-12,15H2. The molecule has 0 fully saturated rings. The Balaban J connectivity index is 1.37. The Bertz CT molecular complexity index is 1520. The molecule has 6 rings (SSSR count). The monoisotopic (exact) mass is 484 g/mol. The number of imidazole rings is 1. The van der Waals surface area contributed by atoms with Crippen LogP contribution in [0.5, 0.6) is 0 Å². The molecule has 2 amide bonds. The molecule has 6 nitrogen and oxygen atoms in total. The van der Waals surface area contributed by atoms with E-state index in [-0.39, 0.29) is 30.7 Å². The van der Waals surface area contributed by atoms with E-state index in [1.54, 1.807) is 60.8 Å². The number of aliphatic imine (C=N–C) groups is 1. The number of amides is 2. The molecule has 1 aromatic heterocycles. The SMILES string of the molecule is O=C1c2ccccc2C(=O)N1CCc1cnc2n1-c1cc(Cl)ccc1C(c1ccccc1F)=NC2. The van der Waals surface area contributed by atoms with Gasteiger partial charge in [0, 0.05) is 41.0 Å². The first-order chi connectivity index (χ1) is 17.0. The van der Waals surface area contributed by atoms with Gasteiger partial charge in [-0.25, -0.2) is 9.37 Å². The molecule has 0 spiro atoms. The van der Waals surface area contributed by atoms with Gasteiger partial charge in [-0.15, -0.1) is 0 Å². The molecule has 0 bridgehead atoms. The third-order valence-electron chi connectivity index (χ3n) is 6.34. The molecule has 0 atom stereocenters. The first kappa shape index (κ1) is 21.4. The van der Waals surface area contributed by atoms with Crippen molar-refractivity contribution in [1.29, 1.82) is 0 Å². The van der Waals surface area contributed by atoms with Crippen molar-refractivity contribution in [3.05, 3.63) is 118 Å². The molecule has 0 radical (unpaired) electrons. The first-order valence-corrected chi connectivity index (χ1v) is 11.5. The lowest BCUT2D eigenvalue weighted by molar-refractivity contribution is 0.0655. The van der Waals surface area contributed by atoms with E-state index in [0.717, 1.165) is 16.9 Å². The van der Waals surface area contributed by atoms with Crippen molar-refractivity contribution >= 4 is 29.1 Å². The minimum atomic E-state index is -0.363. The van der Waals surface area contributed by atoms with Crippen LogP contribution in [0.3, 0.4) is 0 Å². The van der Waals surface area contributed by atoms with Gasteiger partial charge in [-0.1, -0.05) is 35.9 Å². The summed E-state index contributed by atoms with van der Waals surface area (Å²) in [5, 5.41) is 0.518. The largest absolute Gasteiger partial charge is 0.298 e. The highest BCUT2D eigenvalue weighted by Gasteiger charge is 2.35. The zero-order valence-corrected chi connectivity index (χ0v) is 19.2. The van der Waals surface area contributed by atoms with E-state index in [2.05, 4.69) is 4.98 Å². The fourth-order valence-electron chi connectivity index (χ4n) is 4.69. The second-order valence-corrected chi connectivity index (χ2v) is 8.80. The highest BCUT2D eigenvalue weighted by atomic mass is 35.5. The summed E-state index contributed by atoms with van der Waals surface area (Å²) in [5.74, 6) is -0.292. The number of fused-ring (bicyclic) bond motifs is 4. The molecule has 0 unspecified atom stereocenters. The van der Waals surface area contributed by atoms with Crippen molar-refractivity contribution in [2.45, 2.75) is 13.0 Å². The number of aromatic nitrogens is 2. The van der Waals surface area contributed by atoms with E-state index in [9.17, 15) is 14.0 Å². The van der Waals surface area contributed by atoms with E-state index in [4.69, 9.17) is 16.6 Å². The summed E-state index contributed by atoms with van der Waals surface area (Å²) < 4.78 is 16.6. The fourth-order valence-corrected chi connectivity index (χ4v) is 4.86. The Morgan fingerprint density at radius 1 is 0.886 bits per heavy atom. The van der Waals surface area contributed by atoms with E-state index in [1.165, 1.54) is 11.0 Å². The number of hydrogen-bond donors (Lipinski definition) is 0. The summed E-state index contributed by atoms with van der Waals surface area (Å²) >= 11 is 6.37. The lowest BCUT2D eigenvalue weighted by Crippen LogP contribution is -2.32. The molecular weight excluding hydrogens is 467 g/mol. The second kappa shape index (κ2) is 8.29. The van der Waals surface area contributed by atoms with Crippen LogP contribution >= 0.6 is 11.6 Å². The van der Waals surface area contributed by atoms with Gasteiger partial charge in [0.25, 0.3) is 11.8 Å². The van der Waals surface area contributed by atoms with Crippen LogP contribution in [0.1, 0.15) is 43.4 Å². The Hall–Kier alpha value is -4.10. The van der Waals surface area contributed by atoms with E-state index < -0.39 is 0 Å². The summed E-state index contributed by atoms with van der Waals surface area (Å²) in [6.07, 6.45) is 2.11. The zero-order chi connectivity index (χ0) is 24.1. The maximum atomic E-state index is 14.7. The number of imide groups is 1. The van der Waals surface area contributed by atoms with E-state index in [0.29, 0.717) is 39.7 Å². The van der Waals surface area contributed by atoms with Gasteiger partial charge in [-0.3, -0.25) is 24.0 Å². The van der Waals surface area contributed by atoms with Gasteiger partial charge in [-0.2, -0.15) is 0 Å². The summed E-state index contributed by atoms with van der Waals surface area (Å²) in [6.45, 7) is 0.442. The molecule has 8 heteroatoms. The topological polar surface area (TPSA) is 67.6 Å². The predicted molar refractivity (Wildman–Crippen MR) is 130 cm³/mol. The number of carbonyl (C=O) groups is 2. The van der Waals surface area contributed by atoms with Crippen molar-refractivity contribution in [3.63, 3.8) is 0 Å². The van der Waals surface area contributed by atoms with Crippen LogP contribution in [0.15, 0.2) is 77.9 Å². The van der Waals surface area contributed by atoms with Crippen molar-refractivity contribution < 1.29 is 14.0 Å². The van der Waals surface area contributed by atoms with Crippen molar-refractivity contribution in [1.82, 2.24) is 14.5 Å². The lowest BCUT2D eigenvalue weighted by atomic mass is 10.00. The fraction of sp³-hybridized carbons (Fsp3) is 0.111. The number of carbonyl (C=O) groups excluding carboxylic acids is 2. The van der Waals surface area contributed by atoms with Gasteiger partial charge < -0.3 is 0 Å². The first-order valence-electron chi connectivity index (χ1n) is 11.1. The summed E-state index contributed by atoms with van der Waals surface area (Å²) in [6, 6.07) is 18.7. The molecule has 0 N–H and O–H groups in total. The highest BCUT2D eigenvalue weighted by Crippen LogP contribution is 2.30. The summed E-state index contributed by atoms with van der Waals surface area (Å²) in [5.41, 5.74) is 4.00. The number of nitrogens with zero attached hydrogens (tertiary/aromatic N) is 4. The predicted octanol–water partition coefficient (Wildman–Crippen LogP) is 4.85. The average Bonchev–Trinajstić information content (AvgIpc) is 3.32. The van der Waals surface area contributed by atoms with Crippen LogP contribution in [0, 0.1) is 5.82 Å². The zero-order valence-electron chi connectivity index (χ0n) is 18.4. The molecule has 0 aliphatic carbocycles. The number of hydrogen-bond acceptors (Lipinski definition) is 4. The molecule has 2 aliphatic rings. The van der Waals surface area contributed by atoms with Crippen LogP contribution in [0.2, 0.25) is 5.02 Å². The Labute approximate surface area is 205 Å². The summed E-state index contributed by atoms with van der Waals surface area (Å²) in [4.78, 5) is 36.1. The Morgan fingerprint density at radius 2 is 1.57 bits per heavy atom. The second-order valence-electron chi connectivity index (χ2n) is 8.36. The van der Waals surface area contributed by atoms with Crippen LogP contribution in [-0.4, -0.2) is 38.5 Å². The molecule has 35 heavy (non-hydrogen) atoms. The molecule has 3 aromatic carbocycles. The van der Waals surface area contributed by atoms with Crippen LogP contribution < -0.4 is 0 Å². The molecular formula is C27H18ClFN4O2. The Kier molecular flexibility index (Phi) is 5.07. The minimum absolute atomic E-state index is 0.203. The van der Waals surface area contributed by atoms with Gasteiger partial charge in [0.2, 0.25) is 0 Å². The van der Waals surface area contributed by atoms with Crippen LogP contribution in [0.25, 0.3) is 5.69 Å². The normalized spacial score (nSPS) is 14.3. The van der Waals surface area contributed by atoms with Crippen molar-refractivity contribution in [2.75, 3.05) is 6.54 Å². The van der Waals surface area contributed by atoms with E-state index in [1.807, 2.05) is 10.6 Å². The van der Waals surface area contributed by atoms with E-state index >= 15 is 0 Å². The molecule has 172 valence electrons. The average molecular weight is 485 g/mol. The molecule has 2 aliphatic heterocycles. The van der Waals surface area contributed by atoms with Gasteiger partial charge in [0.05, 0.1) is 29.1 Å². The maximum absolute atomic E-state index is 14.7. The molecule has 0 saturated heterocycles. The number of rotatable bonds is 4. The van der Waals surface area contributed by atoms with Gasteiger partial charge >= 0.3 is 0 Å². The lowest BCUT2D eigenvalue weighted by Gasteiger charge is -2.17. The van der Waals surface area contributed by atoms with Crippen molar-refractivity contribution in [3.8, 4) is 5.69 Å². The highest BCUT2D eigenvalue weighted by molar-refractivity contribution is 6.31. The number of halogens is 2. The summed E-state index contributed by atoms with van der Waals surface area (Å²) in [7, 11) is 0. The van der Waals surface area contributed by atoms with Gasteiger partial charge in [-0.05, 0) is 42.5 Å². The number of benzene rings is 3. The Morgan fingerprint density at radius 3 is 2.29 bits per heavy atom. The molecule has 0 saturated carbocycles. The smallest absolute Gasteiger partial charge is 0.261 e. The van der Waals surface area contributed by atoms with Gasteiger partial charge in [0.1, 0.15) is 11.6 Å². The van der Waals surface area contributed by atoms with Crippen molar-refractivity contribution in [2.24, 2.45) is 4.99 Å². The quantitative estimate of drug-likeness (QED) is 0.389.